The summed E-state index contributed by atoms with van der Waals surface area (Å²) in [5.41, 5.74) is 9.62. The Hall–Kier alpha value is -6.17. The van der Waals surface area contributed by atoms with Crippen molar-refractivity contribution in [3.63, 3.8) is 0 Å². The van der Waals surface area contributed by atoms with Crippen molar-refractivity contribution in [1.82, 2.24) is 9.13 Å². The highest BCUT2D eigenvalue weighted by Crippen LogP contribution is 2.51. The largest absolute Gasteiger partial charge is 0.309 e. The third kappa shape index (κ3) is 4.13. The number of fused-ring (bicyclic) bond motifs is 8. The van der Waals surface area contributed by atoms with E-state index in [1.807, 2.05) is 54.6 Å². The van der Waals surface area contributed by atoms with Crippen LogP contribution in [-0.2, 0) is 9.73 Å². The van der Waals surface area contributed by atoms with Crippen molar-refractivity contribution in [3.8, 4) is 33.6 Å². The van der Waals surface area contributed by atoms with Crippen LogP contribution in [0, 0.1) is 0 Å². The van der Waals surface area contributed by atoms with Crippen molar-refractivity contribution in [1.29, 1.82) is 0 Å². The molecule has 4 nitrogen and oxygen atoms in total. The zero-order valence-corrected chi connectivity index (χ0v) is 27.2. The Morgan fingerprint density at radius 2 is 0.980 bits per heavy atom. The zero-order valence-electron chi connectivity index (χ0n) is 26.4. The molecule has 0 aliphatic carbocycles. The molecule has 0 N–H and O–H groups in total. The molecule has 1 aliphatic rings. The van der Waals surface area contributed by atoms with Gasteiger partial charge in [0.25, 0.3) is 0 Å². The molecule has 0 amide bonds. The number of hydrogen-bond donors (Lipinski definition) is 0. The minimum Gasteiger partial charge on any atom is -0.309 e. The first kappa shape index (κ1) is 27.9. The molecule has 1 unspecified atom stereocenters. The smallest absolute Gasteiger partial charge is 0.156 e. The number of hydrogen-bond acceptors (Lipinski definition) is 2. The normalized spacial score (nSPS) is 15.3. The monoisotopic (exact) mass is 647 g/mol. The minimum atomic E-state index is -3.01. The van der Waals surface area contributed by atoms with Gasteiger partial charge in [-0.1, -0.05) is 103 Å². The van der Waals surface area contributed by atoms with Gasteiger partial charge in [0.05, 0.1) is 26.3 Å². The van der Waals surface area contributed by atoms with E-state index in [0.717, 1.165) is 54.9 Å². The van der Waals surface area contributed by atoms with Crippen LogP contribution >= 0.6 is 0 Å². The van der Waals surface area contributed by atoms with E-state index in [1.165, 1.54) is 16.3 Å². The molecule has 7 aromatic carbocycles. The number of nitrogens with zero attached hydrogens (tertiary/aromatic N) is 3. The number of rotatable bonds is 4. The Kier molecular flexibility index (Phi) is 6.08. The van der Waals surface area contributed by atoms with Crippen molar-refractivity contribution >= 4 is 48.3 Å². The molecule has 10 rings (SSSR count). The van der Waals surface area contributed by atoms with Gasteiger partial charge in [0, 0.05) is 38.7 Å². The summed E-state index contributed by atoms with van der Waals surface area (Å²) in [4.78, 5) is 1.45. The summed E-state index contributed by atoms with van der Waals surface area (Å²) in [7, 11) is -3.01. The van der Waals surface area contributed by atoms with Gasteiger partial charge in [0.15, 0.2) is 5.82 Å². The molecule has 49 heavy (non-hydrogen) atoms. The molecule has 2 aromatic heterocycles. The first-order chi connectivity index (χ1) is 24.2. The fourth-order valence-corrected chi connectivity index (χ4v) is 9.64. The lowest BCUT2D eigenvalue weighted by molar-refractivity contribution is 0.676. The maximum absolute atomic E-state index is 15.4. The van der Waals surface area contributed by atoms with Gasteiger partial charge >= 0.3 is 0 Å². The summed E-state index contributed by atoms with van der Waals surface area (Å²) in [6.07, 6.45) is 0. The van der Waals surface area contributed by atoms with E-state index in [-0.39, 0.29) is 0 Å². The molecule has 0 fully saturated rings. The number of benzene rings is 7. The van der Waals surface area contributed by atoms with Gasteiger partial charge in [-0.15, -0.1) is 0 Å². The predicted molar refractivity (Wildman–Crippen MR) is 202 cm³/mol. The van der Waals surface area contributed by atoms with Crippen LogP contribution in [0.4, 0.5) is 5.82 Å². The molecule has 0 saturated carbocycles. The third-order valence-electron chi connectivity index (χ3n) is 9.71. The van der Waals surface area contributed by atoms with Gasteiger partial charge < -0.3 is 4.57 Å². The predicted octanol–water partition coefficient (Wildman–Crippen LogP) is 11.6. The highest BCUT2D eigenvalue weighted by molar-refractivity contribution is 7.94. The zero-order chi connectivity index (χ0) is 32.5. The molecule has 0 radical (unpaired) electrons. The Morgan fingerprint density at radius 3 is 1.69 bits per heavy atom. The van der Waals surface area contributed by atoms with Crippen LogP contribution in [0.25, 0.3) is 66.3 Å². The second kappa shape index (κ2) is 10.7. The van der Waals surface area contributed by atoms with Crippen LogP contribution in [0.2, 0.25) is 0 Å². The van der Waals surface area contributed by atoms with Gasteiger partial charge in [0.2, 0.25) is 0 Å². The first-order valence-corrected chi connectivity index (χ1v) is 18.0. The topological polar surface area (TPSA) is 39.3 Å². The molecular formula is C44H29N3OS. The van der Waals surface area contributed by atoms with Gasteiger partial charge in [-0.3, -0.25) is 4.57 Å². The Bertz CT molecular complexity index is 2860. The summed E-state index contributed by atoms with van der Waals surface area (Å²) in [5.74, 6) is 0.715. The second-order valence-electron chi connectivity index (χ2n) is 12.4. The summed E-state index contributed by atoms with van der Waals surface area (Å²) in [6.45, 7) is 0. The van der Waals surface area contributed by atoms with Gasteiger partial charge in [-0.05, 0) is 83.9 Å². The number of para-hydroxylation sites is 4. The highest BCUT2D eigenvalue weighted by Gasteiger charge is 2.32. The molecular weight excluding hydrogens is 619 g/mol. The van der Waals surface area contributed by atoms with E-state index in [1.54, 1.807) is 0 Å². The van der Waals surface area contributed by atoms with Crippen LogP contribution in [0.3, 0.4) is 0 Å². The molecule has 1 aliphatic heterocycles. The van der Waals surface area contributed by atoms with Crippen LogP contribution in [0.15, 0.2) is 190 Å². The highest BCUT2D eigenvalue weighted by atomic mass is 32.2. The molecule has 3 heterocycles. The summed E-state index contributed by atoms with van der Waals surface area (Å²) >= 11 is 0. The van der Waals surface area contributed by atoms with Crippen molar-refractivity contribution in [2.75, 3.05) is 0 Å². The second-order valence-corrected chi connectivity index (χ2v) is 14.6. The molecule has 1 atom stereocenters. The summed E-state index contributed by atoms with van der Waals surface area (Å²) < 4.78 is 25.1. The van der Waals surface area contributed by atoms with Gasteiger partial charge in [-0.2, -0.15) is 4.36 Å². The van der Waals surface area contributed by atoms with Crippen LogP contribution < -0.4 is 0 Å². The molecule has 5 heteroatoms. The van der Waals surface area contributed by atoms with Crippen molar-refractivity contribution in [2.45, 2.75) is 9.79 Å². The molecule has 232 valence electrons. The molecule has 9 aromatic rings. The van der Waals surface area contributed by atoms with Crippen LogP contribution in [0.5, 0.6) is 0 Å². The fraction of sp³-hybridized carbons (Fsp3) is 0. The summed E-state index contributed by atoms with van der Waals surface area (Å²) in [6, 6.07) is 60.6. The SMILES string of the molecule is O=S1(c2ccccc2)=Nc2c(c3ccccc3n2-c2ccccc2)-c2cc(-c3ccc4c(c3)c3ccccc3n4-c3ccccc3)ccc21. The fourth-order valence-electron chi connectivity index (χ4n) is 7.53. The minimum absolute atomic E-state index is 0.703. The van der Waals surface area contributed by atoms with E-state index < -0.39 is 9.73 Å². The molecule has 0 bridgehead atoms. The van der Waals surface area contributed by atoms with Crippen molar-refractivity contribution in [3.05, 3.63) is 176 Å². The maximum Gasteiger partial charge on any atom is 0.156 e. The van der Waals surface area contributed by atoms with Crippen LogP contribution in [0.1, 0.15) is 0 Å². The Balaban J connectivity index is 1.25. The molecule has 0 saturated heterocycles. The lowest BCUT2D eigenvalue weighted by Gasteiger charge is -2.22. The standard InChI is InChI=1S/C44H29N3OS/c48-49(34-18-8-3-9-19-34)42-27-25-31(29-38(42)43-36-21-11-13-23-40(36)47(44(43)45-49)33-16-6-2-7-17-33)30-24-26-41-37(28-30)35-20-10-12-22-39(35)46(41)32-14-4-1-5-15-32/h1-29H. The number of aromatic nitrogens is 2. The Morgan fingerprint density at radius 1 is 0.449 bits per heavy atom. The maximum atomic E-state index is 15.4. The van der Waals surface area contributed by atoms with Gasteiger partial charge in [0.1, 0.15) is 9.73 Å². The summed E-state index contributed by atoms with van der Waals surface area (Å²) in [5, 5.41) is 3.49. The molecule has 0 spiro atoms. The van der Waals surface area contributed by atoms with E-state index in [0.29, 0.717) is 10.7 Å². The van der Waals surface area contributed by atoms with E-state index in [2.05, 4.69) is 130 Å². The van der Waals surface area contributed by atoms with E-state index >= 15 is 4.21 Å². The first-order valence-electron chi connectivity index (χ1n) is 16.4. The lowest BCUT2D eigenvalue weighted by atomic mass is 9.97. The van der Waals surface area contributed by atoms with E-state index in [4.69, 9.17) is 4.36 Å². The Labute approximate surface area is 284 Å². The third-order valence-corrected chi connectivity index (χ3v) is 12.0. The lowest BCUT2D eigenvalue weighted by Crippen LogP contribution is -2.08. The average Bonchev–Trinajstić information content (AvgIpc) is 3.68. The van der Waals surface area contributed by atoms with Gasteiger partial charge in [-0.25, -0.2) is 4.21 Å². The van der Waals surface area contributed by atoms with Crippen molar-refractivity contribution in [2.24, 2.45) is 4.36 Å². The quantitative estimate of drug-likeness (QED) is 0.187. The average molecular weight is 648 g/mol. The van der Waals surface area contributed by atoms with Crippen LogP contribution in [-0.4, -0.2) is 13.3 Å². The van der Waals surface area contributed by atoms with E-state index in [9.17, 15) is 0 Å². The van der Waals surface area contributed by atoms with Crippen molar-refractivity contribution < 1.29 is 4.21 Å².